The minimum absolute atomic E-state index is 0.349. The second kappa shape index (κ2) is 5.09. The lowest BCUT2D eigenvalue weighted by molar-refractivity contribution is 0.602. The zero-order chi connectivity index (χ0) is 11.4. The number of hydrogen-bond acceptors (Lipinski definition) is 4. The number of nitrogens with two attached hydrogens (primary N) is 1. The molecule has 0 aliphatic carbocycles. The fourth-order valence-corrected chi connectivity index (χ4v) is 2.53. The average molecular weight is 233 g/mol. The first-order valence-electron chi connectivity index (χ1n) is 5.20. The quantitative estimate of drug-likeness (QED) is 0.851. The first-order valence-corrected chi connectivity index (χ1v) is 6.08. The van der Waals surface area contributed by atoms with Crippen molar-refractivity contribution in [2.45, 2.75) is 12.5 Å². The monoisotopic (exact) mass is 233 g/mol. The molecule has 0 aromatic carbocycles. The van der Waals surface area contributed by atoms with Gasteiger partial charge >= 0.3 is 0 Å². The van der Waals surface area contributed by atoms with Gasteiger partial charge in [0.15, 0.2) is 0 Å². The molecule has 1 unspecified atom stereocenters. The van der Waals surface area contributed by atoms with E-state index < -0.39 is 0 Å². The Balaban J connectivity index is 2.13. The lowest BCUT2D eigenvalue weighted by Crippen LogP contribution is -2.17. The Hall–Kier alpha value is -1.39. The van der Waals surface area contributed by atoms with Crippen LogP contribution in [0.1, 0.15) is 16.5 Å². The predicted octanol–water partition coefficient (Wildman–Crippen LogP) is 2.23. The molecular weight excluding hydrogens is 218 g/mol. The van der Waals surface area contributed by atoms with Gasteiger partial charge < -0.3 is 11.1 Å². The van der Waals surface area contributed by atoms with Gasteiger partial charge in [0.05, 0.1) is 0 Å². The van der Waals surface area contributed by atoms with Crippen molar-refractivity contribution in [1.29, 1.82) is 0 Å². The molecule has 0 fully saturated rings. The number of likely N-dealkylation sites (N-methyl/N-ethyl adjacent to an activating group) is 1. The molecule has 84 valence electrons. The summed E-state index contributed by atoms with van der Waals surface area (Å²) in [6.45, 7) is 0. The lowest BCUT2D eigenvalue weighted by atomic mass is 10.1. The van der Waals surface area contributed by atoms with E-state index in [2.05, 4.69) is 27.8 Å². The van der Waals surface area contributed by atoms with Crippen molar-refractivity contribution < 1.29 is 0 Å². The molecule has 3 nitrogen and oxygen atoms in total. The molecule has 2 rings (SSSR count). The number of nitrogen functional groups attached to an aromatic ring is 1. The van der Waals surface area contributed by atoms with Gasteiger partial charge in [-0.2, -0.15) is 0 Å². The second-order valence-corrected chi connectivity index (χ2v) is 4.63. The van der Waals surface area contributed by atoms with Crippen molar-refractivity contribution in [2.24, 2.45) is 0 Å². The summed E-state index contributed by atoms with van der Waals surface area (Å²) < 4.78 is 0. The van der Waals surface area contributed by atoms with Crippen LogP contribution in [0.2, 0.25) is 0 Å². The number of hydrogen-bond donors (Lipinski definition) is 2. The van der Waals surface area contributed by atoms with E-state index in [0.717, 1.165) is 6.42 Å². The third-order valence-corrected chi connectivity index (χ3v) is 3.51. The number of aromatic nitrogens is 1. The molecule has 0 saturated heterocycles. The van der Waals surface area contributed by atoms with Crippen LogP contribution in [0.5, 0.6) is 0 Å². The molecule has 3 N–H and O–H groups in total. The normalized spacial score (nSPS) is 12.6. The molecule has 1 atom stereocenters. The molecule has 0 radical (unpaired) electrons. The van der Waals surface area contributed by atoms with Gasteiger partial charge in [-0.1, -0.05) is 6.07 Å². The molecule has 0 bridgehead atoms. The molecule has 16 heavy (non-hydrogen) atoms. The maximum Gasteiger partial charge on any atom is 0.123 e. The minimum Gasteiger partial charge on any atom is -0.384 e. The fraction of sp³-hybridized carbons (Fsp3) is 0.250. The van der Waals surface area contributed by atoms with Crippen LogP contribution in [-0.2, 0) is 6.42 Å². The first-order chi connectivity index (χ1) is 7.79. The highest BCUT2D eigenvalue weighted by atomic mass is 32.1. The number of anilines is 1. The zero-order valence-corrected chi connectivity index (χ0v) is 10.00. The smallest absolute Gasteiger partial charge is 0.123 e. The largest absolute Gasteiger partial charge is 0.384 e. The Bertz CT molecular complexity index is 439. The van der Waals surface area contributed by atoms with Gasteiger partial charge in [0, 0.05) is 17.1 Å². The Kier molecular flexibility index (Phi) is 3.54. The highest BCUT2D eigenvalue weighted by Crippen LogP contribution is 2.22. The SMILES string of the molecule is CNC(Cc1ccnc(N)c1)c1cccs1. The van der Waals surface area contributed by atoms with Crippen LogP contribution in [0.15, 0.2) is 35.8 Å². The van der Waals surface area contributed by atoms with E-state index in [1.54, 1.807) is 17.5 Å². The van der Waals surface area contributed by atoms with Crippen LogP contribution in [-0.4, -0.2) is 12.0 Å². The van der Waals surface area contributed by atoms with Crippen molar-refractivity contribution in [3.63, 3.8) is 0 Å². The second-order valence-electron chi connectivity index (χ2n) is 3.65. The third kappa shape index (κ3) is 2.59. The fourth-order valence-electron chi connectivity index (χ4n) is 1.69. The highest BCUT2D eigenvalue weighted by Gasteiger charge is 2.10. The van der Waals surface area contributed by atoms with Crippen LogP contribution >= 0.6 is 11.3 Å². The maximum atomic E-state index is 5.67. The predicted molar refractivity (Wildman–Crippen MR) is 68.5 cm³/mol. The number of nitrogens with zero attached hydrogens (tertiary/aromatic N) is 1. The van der Waals surface area contributed by atoms with Crippen molar-refractivity contribution in [2.75, 3.05) is 12.8 Å². The van der Waals surface area contributed by atoms with E-state index in [0.29, 0.717) is 11.9 Å². The number of pyridine rings is 1. The van der Waals surface area contributed by atoms with Crippen molar-refractivity contribution in [3.05, 3.63) is 46.3 Å². The first kappa shape index (κ1) is 11.1. The summed E-state index contributed by atoms with van der Waals surface area (Å²) in [7, 11) is 1.98. The van der Waals surface area contributed by atoms with Crippen molar-refractivity contribution in [1.82, 2.24) is 10.3 Å². The van der Waals surface area contributed by atoms with E-state index in [4.69, 9.17) is 5.73 Å². The van der Waals surface area contributed by atoms with Crippen LogP contribution in [0, 0.1) is 0 Å². The molecule has 0 saturated carbocycles. The van der Waals surface area contributed by atoms with Gasteiger partial charge in [0.1, 0.15) is 5.82 Å². The van der Waals surface area contributed by atoms with Crippen molar-refractivity contribution >= 4 is 17.2 Å². The van der Waals surface area contributed by atoms with Crippen LogP contribution in [0.25, 0.3) is 0 Å². The van der Waals surface area contributed by atoms with E-state index in [-0.39, 0.29) is 0 Å². The molecule has 2 heterocycles. The number of thiophene rings is 1. The molecule has 0 aliphatic heterocycles. The zero-order valence-electron chi connectivity index (χ0n) is 9.18. The summed E-state index contributed by atoms with van der Waals surface area (Å²) in [4.78, 5) is 5.34. The standard InChI is InChI=1S/C12H15N3S/c1-14-10(11-3-2-6-16-11)7-9-4-5-15-12(13)8-9/h2-6,8,10,14H,7H2,1H3,(H2,13,15). The lowest BCUT2D eigenvalue weighted by Gasteiger charge is -2.14. The molecule has 4 heteroatoms. The molecule has 0 spiro atoms. The molecule has 0 aliphatic rings. The summed E-state index contributed by atoms with van der Waals surface area (Å²) in [6, 6.07) is 8.51. The minimum atomic E-state index is 0.349. The van der Waals surface area contributed by atoms with Gasteiger partial charge in [0.2, 0.25) is 0 Å². The molecular formula is C12H15N3S. The summed E-state index contributed by atoms with van der Waals surface area (Å²) >= 11 is 1.77. The Morgan fingerprint density at radius 2 is 2.38 bits per heavy atom. The van der Waals surface area contributed by atoms with E-state index in [9.17, 15) is 0 Å². The Morgan fingerprint density at radius 1 is 1.50 bits per heavy atom. The van der Waals surface area contributed by atoms with E-state index in [1.165, 1.54) is 10.4 Å². The topological polar surface area (TPSA) is 50.9 Å². The maximum absolute atomic E-state index is 5.67. The van der Waals surface area contributed by atoms with Gasteiger partial charge in [-0.3, -0.25) is 0 Å². The Morgan fingerprint density at radius 3 is 3.00 bits per heavy atom. The molecule has 2 aromatic heterocycles. The average Bonchev–Trinajstić information content (AvgIpc) is 2.79. The van der Waals surface area contributed by atoms with Crippen LogP contribution < -0.4 is 11.1 Å². The Labute approximate surface area is 99.3 Å². The van der Waals surface area contributed by atoms with Crippen LogP contribution in [0.3, 0.4) is 0 Å². The van der Waals surface area contributed by atoms with Gasteiger partial charge in [0.25, 0.3) is 0 Å². The van der Waals surface area contributed by atoms with Crippen molar-refractivity contribution in [3.8, 4) is 0 Å². The highest BCUT2D eigenvalue weighted by molar-refractivity contribution is 7.10. The summed E-state index contributed by atoms with van der Waals surface area (Å²) in [5.74, 6) is 0.582. The number of nitrogens with one attached hydrogen (secondary N) is 1. The van der Waals surface area contributed by atoms with Gasteiger partial charge in [-0.25, -0.2) is 4.98 Å². The van der Waals surface area contributed by atoms with E-state index >= 15 is 0 Å². The summed E-state index contributed by atoms with van der Waals surface area (Å²) in [6.07, 6.45) is 2.69. The molecule has 2 aromatic rings. The molecule has 0 amide bonds. The number of rotatable bonds is 4. The van der Waals surface area contributed by atoms with Gasteiger partial charge in [-0.15, -0.1) is 11.3 Å². The summed E-state index contributed by atoms with van der Waals surface area (Å²) in [5, 5.41) is 5.42. The van der Waals surface area contributed by atoms with E-state index in [1.807, 2.05) is 19.2 Å². The summed E-state index contributed by atoms with van der Waals surface area (Å²) in [5.41, 5.74) is 6.87. The van der Waals surface area contributed by atoms with Crippen LogP contribution in [0.4, 0.5) is 5.82 Å². The third-order valence-electron chi connectivity index (χ3n) is 2.52. The van der Waals surface area contributed by atoms with Gasteiger partial charge in [-0.05, 0) is 42.6 Å².